The molecule has 1 unspecified atom stereocenters. The van der Waals surface area contributed by atoms with Crippen LogP contribution in [0.3, 0.4) is 0 Å². The van der Waals surface area contributed by atoms with Crippen molar-refractivity contribution >= 4 is 23.0 Å². The van der Waals surface area contributed by atoms with Gasteiger partial charge in [0, 0.05) is 24.9 Å². The number of rotatable bonds is 2. The van der Waals surface area contributed by atoms with E-state index in [9.17, 15) is 9.18 Å². The highest BCUT2D eigenvalue weighted by Gasteiger charge is 2.30. The lowest BCUT2D eigenvalue weighted by molar-refractivity contribution is 0.0671. The summed E-state index contributed by atoms with van der Waals surface area (Å²) in [6.07, 6.45) is 2.31. The number of amides is 1. The highest BCUT2D eigenvalue weighted by Crippen LogP contribution is 2.32. The molecule has 3 heterocycles. The number of ether oxygens (including phenoxy) is 1. The van der Waals surface area contributed by atoms with E-state index in [4.69, 9.17) is 16.3 Å². The van der Waals surface area contributed by atoms with Gasteiger partial charge in [0.25, 0.3) is 5.91 Å². The number of methoxy groups -OCH3 is 1. The Balaban J connectivity index is 1.71. The van der Waals surface area contributed by atoms with Crippen molar-refractivity contribution in [3.05, 3.63) is 64.2 Å². The second-order valence-electron chi connectivity index (χ2n) is 6.35. The Kier molecular flexibility index (Phi) is 4.07. The fraction of sp³-hybridized carbons (Fsp3) is 0.263. The summed E-state index contributed by atoms with van der Waals surface area (Å²) >= 11 is 6.06. The molecule has 26 heavy (non-hydrogen) atoms. The van der Waals surface area contributed by atoms with Crippen molar-refractivity contribution < 1.29 is 13.9 Å². The first-order valence-electron chi connectivity index (χ1n) is 8.30. The van der Waals surface area contributed by atoms with Crippen LogP contribution in [0.15, 0.2) is 36.5 Å². The van der Waals surface area contributed by atoms with Crippen molar-refractivity contribution in [2.24, 2.45) is 0 Å². The van der Waals surface area contributed by atoms with E-state index in [-0.39, 0.29) is 17.8 Å². The molecule has 5 nitrogen and oxygen atoms in total. The van der Waals surface area contributed by atoms with E-state index in [0.717, 1.165) is 11.1 Å². The maximum Gasteiger partial charge on any atom is 0.274 e. The van der Waals surface area contributed by atoms with Gasteiger partial charge in [0.05, 0.1) is 18.2 Å². The Morgan fingerprint density at radius 2 is 2.15 bits per heavy atom. The Morgan fingerprint density at radius 3 is 2.92 bits per heavy atom. The number of hydrogen-bond acceptors (Lipinski definition) is 3. The Morgan fingerprint density at radius 1 is 1.35 bits per heavy atom. The lowest BCUT2D eigenvalue weighted by Gasteiger charge is -2.34. The molecule has 1 amide bonds. The molecule has 7 heteroatoms. The summed E-state index contributed by atoms with van der Waals surface area (Å²) in [6.45, 7) is 2.47. The third-order valence-electron chi connectivity index (χ3n) is 4.85. The molecular formula is C19H17ClFN3O2. The monoisotopic (exact) mass is 373 g/mol. The van der Waals surface area contributed by atoms with Crippen LogP contribution in [0.2, 0.25) is 5.02 Å². The average Bonchev–Trinajstić information content (AvgIpc) is 3.05. The second-order valence-corrected chi connectivity index (χ2v) is 6.79. The molecule has 0 fully saturated rings. The average molecular weight is 374 g/mol. The third-order valence-corrected chi connectivity index (χ3v) is 5.06. The molecule has 0 spiro atoms. The van der Waals surface area contributed by atoms with Gasteiger partial charge in [-0.1, -0.05) is 17.7 Å². The number of benzene rings is 1. The fourth-order valence-electron chi connectivity index (χ4n) is 3.51. The smallest absolute Gasteiger partial charge is 0.274 e. The molecule has 0 bridgehead atoms. The van der Waals surface area contributed by atoms with E-state index in [1.165, 1.54) is 16.6 Å². The van der Waals surface area contributed by atoms with Gasteiger partial charge in [-0.15, -0.1) is 0 Å². The minimum Gasteiger partial charge on any atom is -0.494 e. The highest BCUT2D eigenvalue weighted by atomic mass is 35.5. The first-order chi connectivity index (χ1) is 12.5. The molecule has 3 aromatic rings. The van der Waals surface area contributed by atoms with Crippen molar-refractivity contribution in [2.45, 2.75) is 19.4 Å². The zero-order valence-electron chi connectivity index (χ0n) is 14.4. The summed E-state index contributed by atoms with van der Waals surface area (Å²) < 4.78 is 20.5. The first-order valence-corrected chi connectivity index (χ1v) is 8.68. The predicted molar refractivity (Wildman–Crippen MR) is 96.3 cm³/mol. The van der Waals surface area contributed by atoms with E-state index in [2.05, 4.69) is 5.10 Å². The number of fused-ring (bicyclic) bond motifs is 2. The molecule has 1 atom stereocenters. The van der Waals surface area contributed by atoms with Crippen LogP contribution >= 0.6 is 11.6 Å². The van der Waals surface area contributed by atoms with E-state index in [1.807, 2.05) is 6.92 Å². The van der Waals surface area contributed by atoms with Gasteiger partial charge >= 0.3 is 0 Å². The molecule has 134 valence electrons. The molecule has 2 aromatic heterocycles. The van der Waals surface area contributed by atoms with Gasteiger partial charge in [-0.2, -0.15) is 5.10 Å². The van der Waals surface area contributed by atoms with E-state index >= 15 is 0 Å². The van der Waals surface area contributed by atoms with E-state index in [1.54, 1.807) is 36.4 Å². The first kappa shape index (κ1) is 16.8. The van der Waals surface area contributed by atoms with Gasteiger partial charge in [-0.25, -0.2) is 8.91 Å². The Labute approximate surface area is 154 Å². The standard InChI is InChI=1S/C19H17ClFN3O2/c1-11-15-8-14(21)4-3-12(15)5-6-23(11)19(25)16-9-17-18(26-2)7-13(20)10-24(17)22-16/h3-4,7-11H,5-6H2,1-2H3. The maximum absolute atomic E-state index is 13.6. The van der Waals surface area contributed by atoms with Crippen LogP contribution in [0.1, 0.15) is 34.6 Å². The molecule has 1 aromatic carbocycles. The topological polar surface area (TPSA) is 46.8 Å². The van der Waals surface area contributed by atoms with Crippen molar-refractivity contribution in [2.75, 3.05) is 13.7 Å². The number of aromatic nitrogens is 2. The summed E-state index contributed by atoms with van der Waals surface area (Å²) in [7, 11) is 1.54. The van der Waals surface area contributed by atoms with Crippen LogP contribution in [0.25, 0.3) is 5.52 Å². The Hall–Kier alpha value is -2.60. The largest absolute Gasteiger partial charge is 0.494 e. The van der Waals surface area contributed by atoms with Crippen LogP contribution in [-0.4, -0.2) is 34.1 Å². The second kappa shape index (κ2) is 6.29. The van der Waals surface area contributed by atoms with Crippen LogP contribution in [0, 0.1) is 5.82 Å². The number of carbonyl (C=O) groups excluding carboxylic acids is 1. The summed E-state index contributed by atoms with van der Waals surface area (Å²) in [5.41, 5.74) is 2.88. The van der Waals surface area contributed by atoms with Crippen molar-refractivity contribution in [1.29, 1.82) is 0 Å². The summed E-state index contributed by atoms with van der Waals surface area (Å²) in [4.78, 5) is 14.8. The van der Waals surface area contributed by atoms with Gasteiger partial charge in [-0.3, -0.25) is 4.79 Å². The normalized spacial score (nSPS) is 16.6. The predicted octanol–water partition coefficient (Wildman–Crippen LogP) is 3.89. The van der Waals surface area contributed by atoms with Gasteiger partial charge in [0.1, 0.15) is 17.1 Å². The van der Waals surface area contributed by atoms with Crippen molar-refractivity contribution in [3.63, 3.8) is 0 Å². The fourth-order valence-corrected chi connectivity index (χ4v) is 3.70. The molecule has 4 rings (SSSR count). The van der Waals surface area contributed by atoms with E-state index < -0.39 is 0 Å². The minimum absolute atomic E-state index is 0.200. The molecule has 0 aliphatic carbocycles. The van der Waals surface area contributed by atoms with Crippen LogP contribution in [0.5, 0.6) is 5.75 Å². The molecule has 0 N–H and O–H groups in total. The number of nitrogens with zero attached hydrogens (tertiary/aromatic N) is 3. The zero-order valence-corrected chi connectivity index (χ0v) is 15.1. The summed E-state index contributed by atoms with van der Waals surface area (Å²) in [5.74, 6) is 0.0504. The molecule has 0 radical (unpaired) electrons. The summed E-state index contributed by atoms with van der Waals surface area (Å²) in [6, 6.07) is 7.89. The molecule has 1 aliphatic heterocycles. The molecule has 1 aliphatic rings. The van der Waals surface area contributed by atoms with Crippen LogP contribution in [-0.2, 0) is 6.42 Å². The van der Waals surface area contributed by atoms with Gasteiger partial charge in [-0.05, 0) is 36.6 Å². The number of halogens is 2. The van der Waals surface area contributed by atoms with Gasteiger partial charge in [0.15, 0.2) is 5.69 Å². The third kappa shape index (κ3) is 2.70. The number of carbonyl (C=O) groups is 1. The molecule has 0 saturated carbocycles. The van der Waals surface area contributed by atoms with Crippen LogP contribution in [0.4, 0.5) is 4.39 Å². The van der Waals surface area contributed by atoms with Gasteiger partial charge < -0.3 is 9.64 Å². The van der Waals surface area contributed by atoms with E-state index in [0.29, 0.717) is 34.9 Å². The molecule has 0 saturated heterocycles. The van der Waals surface area contributed by atoms with Crippen molar-refractivity contribution in [3.8, 4) is 5.75 Å². The quantitative estimate of drug-likeness (QED) is 0.684. The lowest BCUT2D eigenvalue weighted by Crippen LogP contribution is -2.39. The lowest BCUT2D eigenvalue weighted by atomic mass is 9.93. The van der Waals surface area contributed by atoms with Gasteiger partial charge in [0.2, 0.25) is 0 Å². The summed E-state index contributed by atoms with van der Waals surface area (Å²) in [5, 5.41) is 4.82. The number of hydrogen-bond donors (Lipinski definition) is 0. The number of pyridine rings is 1. The van der Waals surface area contributed by atoms with Crippen LogP contribution < -0.4 is 4.74 Å². The zero-order chi connectivity index (χ0) is 18.4. The van der Waals surface area contributed by atoms with Crippen molar-refractivity contribution in [1.82, 2.24) is 14.5 Å². The highest BCUT2D eigenvalue weighted by molar-refractivity contribution is 6.30. The minimum atomic E-state index is -0.294. The SMILES string of the molecule is COc1cc(Cl)cn2nc(C(=O)N3CCc4ccc(F)cc4C3C)cc12. The Bertz CT molecular complexity index is 1020. The molecular weight excluding hydrogens is 357 g/mol. The maximum atomic E-state index is 13.6.